The first kappa shape index (κ1) is 19.0. The van der Waals surface area contributed by atoms with Crippen molar-refractivity contribution in [3.05, 3.63) is 48.5 Å². The summed E-state index contributed by atoms with van der Waals surface area (Å²) >= 11 is 0. The lowest BCUT2D eigenvalue weighted by molar-refractivity contribution is -0.142. The highest BCUT2D eigenvalue weighted by molar-refractivity contribution is 5.82. The lowest BCUT2D eigenvalue weighted by Gasteiger charge is -2.26. The van der Waals surface area contributed by atoms with E-state index in [0.29, 0.717) is 39.1 Å². The lowest BCUT2D eigenvalue weighted by Crippen LogP contribution is -2.40. The van der Waals surface area contributed by atoms with E-state index in [4.69, 9.17) is 4.74 Å². The minimum Gasteiger partial charge on any atom is -0.367 e. The Kier molecular flexibility index (Phi) is 6.54. The van der Waals surface area contributed by atoms with Gasteiger partial charge in [0.05, 0.1) is 0 Å². The summed E-state index contributed by atoms with van der Waals surface area (Å²) in [6.07, 6.45) is 3.75. The zero-order valence-electron chi connectivity index (χ0n) is 15.5. The molecule has 144 valence electrons. The Morgan fingerprint density at radius 3 is 2.41 bits per heavy atom. The summed E-state index contributed by atoms with van der Waals surface area (Å²) in [7, 11) is 1.55. The average Bonchev–Trinajstić information content (AvgIpc) is 3.10. The summed E-state index contributed by atoms with van der Waals surface area (Å²) in [5.74, 6) is 0.0341. The summed E-state index contributed by atoms with van der Waals surface area (Å²) in [6.45, 7) is 2.90. The Balaban J connectivity index is 1.55. The molecule has 0 saturated carbocycles. The van der Waals surface area contributed by atoms with Gasteiger partial charge in [-0.05, 0) is 12.0 Å². The van der Waals surface area contributed by atoms with Crippen LogP contribution < -0.4 is 0 Å². The second kappa shape index (κ2) is 9.27. The molecule has 1 aromatic carbocycles. The number of aromatic nitrogens is 3. The van der Waals surface area contributed by atoms with Crippen LogP contribution in [0, 0.1) is 0 Å². The van der Waals surface area contributed by atoms with Crippen molar-refractivity contribution in [3.8, 4) is 0 Å². The Hall–Kier alpha value is -2.74. The molecule has 0 N–H and O–H groups in total. The van der Waals surface area contributed by atoms with Crippen molar-refractivity contribution in [1.29, 1.82) is 0 Å². The number of carbonyl (C=O) groups is 2. The molecule has 3 rings (SSSR count). The molecule has 1 saturated heterocycles. The summed E-state index contributed by atoms with van der Waals surface area (Å²) in [4.78, 5) is 29.0. The molecule has 0 bridgehead atoms. The van der Waals surface area contributed by atoms with E-state index in [0.717, 1.165) is 12.0 Å². The average molecular weight is 371 g/mol. The van der Waals surface area contributed by atoms with Crippen LogP contribution in [0.15, 0.2) is 43.0 Å². The fourth-order valence-corrected chi connectivity index (χ4v) is 3.28. The highest BCUT2D eigenvalue weighted by atomic mass is 16.5. The molecule has 1 aliphatic heterocycles. The number of carbonyl (C=O) groups excluding carboxylic acids is 2. The molecule has 8 nitrogen and oxygen atoms in total. The zero-order chi connectivity index (χ0) is 19.1. The summed E-state index contributed by atoms with van der Waals surface area (Å²) in [6, 6.07) is 9.49. The molecule has 0 radical (unpaired) electrons. The van der Waals surface area contributed by atoms with E-state index in [1.54, 1.807) is 29.2 Å². The third-order valence-electron chi connectivity index (χ3n) is 4.77. The Morgan fingerprint density at radius 1 is 1.04 bits per heavy atom. The van der Waals surface area contributed by atoms with Gasteiger partial charge in [-0.25, -0.2) is 0 Å². The van der Waals surface area contributed by atoms with Crippen LogP contribution in [0.2, 0.25) is 0 Å². The third kappa shape index (κ3) is 4.91. The molecule has 27 heavy (non-hydrogen) atoms. The number of hydrogen-bond acceptors (Lipinski definition) is 5. The maximum atomic E-state index is 12.9. The van der Waals surface area contributed by atoms with E-state index in [9.17, 15) is 9.59 Å². The largest absolute Gasteiger partial charge is 0.367 e. The molecule has 2 amide bonds. The number of methoxy groups -OCH3 is 1. The maximum Gasteiger partial charge on any atom is 0.256 e. The Labute approximate surface area is 158 Å². The van der Waals surface area contributed by atoms with Gasteiger partial charge >= 0.3 is 0 Å². The van der Waals surface area contributed by atoms with Gasteiger partial charge in [0, 0.05) is 46.3 Å². The lowest BCUT2D eigenvalue weighted by atomic mass is 10.1. The van der Waals surface area contributed by atoms with Crippen molar-refractivity contribution in [2.45, 2.75) is 25.5 Å². The van der Waals surface area contributed by atoms with Gasteiger partial charge < -0.3 is 19.1 Å². The van der Waals surface area contributed by atoms with Crippen molar-refractivity contribution in [1.82, 2.24) is 24.6 Å². The third-order valence-corrected chi connectivity index (χ3v) is 4.77. The van der Waals surface area contributed by atoms with Crippen LogP contribution in [0.3, 0.4) is 0 Å². The van der Waals surface area contributed by atoms with Gasteiger partial charge in [0.15, 0.2) is 6.10 Å². The molecule has 0 spiro atoms. The molecule has 8 heteroatoms. The summed E-state index contributed by atoms with van der Waals surface area (Å²) < 4.78 is 7.25. The molecule has 1 aliphatic rings. The van der Waals surface area contributed by atoms with E-state index in [1.165, 1.54) is 0 Å². The van der Waals surface area contributed by atoms with E-state index in [-0.39, 0.29) is 11.8 Å². The maximum absolute atomic E-state index is 12.9. The first-order chi connectivity index (χ1) is 13.2. The van der Waals surface area contributed by atoms with E-state index in [1.807, 2.05) is 35.2 Å². The first-order valence-corrected chi connectivity index (χ1v) is 9.15. The van der Waals surface area contributed by atoms with Crippen molar-refractivity contribution in [2.75, 3.05) is 33.3 Å². The smallest absolute Gasteiger partial charge is 0.256 e. The number of nitrogens with zero attached hydrogens (tertiary/aromatic N) is 5. The van der Waals surface area contributed by atoms with Crippen LogP contribution in [0.4, 0.5) is 0 Å². The van der Waals surface area contributed by atoms with Gasteiger partial charge in [0.2, 0.25) is 5.91 Å². The number of ether oxygens (including phenoxy) is 1. The number of aryl methyl sites for hydroxylation is 1. The van der Waals surface area contributed by atoms with Gasteiger partial charge in [-0.1, -0.05) is 30.3 Å². The van der Waals surface area contributed by atoms with E-state index in [2.05, 4.69) is 10.2 Å². The first-order valence-electron chi connectivity index (χ1n) is 9.15. The molecule has 2 aromatic rings. The fraction of sp³-hybridized carbons (Fsp3) is 0.474. The number of benzene rings is 1. The van der Waals surface area contributed by atoms with Crippen LogP contribution in [0.5, 0.6) is 0 Å². The quantitative estimate of drug-likeness (QED) is 0.760. The number of hydrogen-bond donors (Lipinski definition) is 0. The van der Waals surface area contributed by atoms with Gasteiger partial charge in [-0.15, -0.1) is 10.2 Å². The minimum absolute atomic E-state index is 0.0533. The molecular weight excluding hydrogens is 346 g/mol. The van der Waals surface area contributed by atoms with Gasteiger partial charge in [-0.3, -0.25) is 9.59 Å². The highest BCUT2D eigenvalue weighted by Crippen LogP contribution is 2.20. The molecule has 1 atom stereocenters. The highest BCUT2D eigenvalue weighted by Gasteiger charge is 2.28. The molecule has 1 fully saturated rings. The molecular formula is C19H25N5O3. The van der Waals surface area contributed by atoms with Crippen molar-refractivity contribution >= 4 is 11.8 Å². The topological polar surface area (TPSA) is 80.6 Å². The predicted octanol–water partition coefficient (Wildman–Crippen LogP) is 1.12. The monoisotopic (exact) mass is 371 g/mol. The van der Waals surface area contributed by atoms with Gasteiger partial charge in [-0.2, -0.15) is 0 Å². The molecule has 1 aromatic heterocycles. The fourth-order valence-electron chi connectivity index (χ4n) is 3.28. The Bertz CT molecular complexity index is 735. The van der Waals surface area contributed by atoms with Crippen LogP contribution in [0.25, 0.3) is 0 Å². The second-order valence-corrected chi connectivity index (χ2v) is 6.54. The number of rotatable bonds is 6. The van der Waals surface area contributed by atoms with Crippen LogP contribution >= 0.6 is 0 Å². The standard InChI is InChI=1S/C19H25N5O3/c1-27-18(16-6-3-2-4-7-16)19(26)24-10-5-9-23(12-13-24)17(25)8-11-22-14-20-21-15-22/h2-4,6-7,14-15,18H,5,8-13H2,1H3. The molecule has 2 heterocycles. The van der Waals surface area contributed by atoms with Gasteiger partial charge in [0.1, 0.15) is 12.7 Å². The van der Waals surface area contributed by atoms with Crippen LogP contribution in [0.1, 0.15) is 24.5 Å². The molecule has 1 unspecified atom stereocenters. The second-order valence-electron chi connectivity index (χ2n) is 6.54. The number of amides is 2. The minimum atomic E-state index is -0.609. The predicted molar refractivity (Wildman–Crippen MR) is 98.6 cm³/mol. The summed E-state index contributed by atoms with van der Waals surface area (Å²) in [5.41, 5.74) is 0.844. The van der Waals surface area contributed by atoms with Crippen molar-refractivity contribution in [3.63, 3.8) is 0 Å². The zero-order valence-corrected chi connectivity index (χ0v) is 15.5. The van der Waals surface area contributed by atoms with Crippen molar-refractivity contribution in [2.24, 2.45) is 0 Å². The van der Waals surface area contributed by atoms with E-state index >= 15 is 0 Å². The van der Waals surface area contributed by atoms with E-state index < -0.39 is 6.10 Å². The Morgan fingerprint density at radius 2 is 1.70 bits per heavy atom. The van der Waals surface area contributed by atoms with Crippen LogP contribution in [-0.4, -0.2) is 69.7 Å². The normalized spacial score (nSPS) is 16.0. The van der Waals surface area contributed by atoms with Crippen molar-refractivity contribution < 1.29 is 14.3 Å². The molecule has 0 aliphatic carbocycles. The summed E-state index contributed by atoms with van der Waals surface area (Å²) in [5, 5.41) is 7.48. The van der Waals surface area contributed by atoms with Crippen LogP contribution in [-0.2, 0) is 20.9 Å². The SMILES string of the molecule is COC(C(=O)N1CCCN(C(=O)CCn2cnnc2)CC1)c1ccccc1. The van der Waals surface area contributed by atoms with Gasteiger partial charge in [0.25, 0.3) is 5.91 Å².